The second-order valence-corrected chi connectivity index (χ2v) is 4.06. The molecule has 0 amide bonds. The van der Waals surface area contributed by atoms with Crippen molar-refractivity contribution in [2.75, 3.05) is 32.8 Å². The molecule has 1 aliphatic heterocycles. The normalized spacial score (nSPS) is 22.5. The number of amidine groups is 1. The zero-order valence-electron chi connectivity index (χ0n) is 9.35. The average Bonchev–Trinajstić information content (AvgIpc) is 2.70. The molecule has 0 aromatic carbocycles. The number of hydrogen-bond donors (Lipinski definition) is 2. The molecule has 1 unspecified atom stereocenters. The first-order valence-corrected chi connectivity index (χ1v) is 5.52. The second kappa shape index (κ2) is 6.63. The zero-order valence-corrected chi connectivity index (χ0v) is 9.35. The van der Waals surface area contributed by atoms with Crippen molar-refractivity contribution in [2.24, 2.45) is 16.8 Å². The molecule has 1 saturated heterocycles. The lowest BCUT2D eigenvalue weighted by Crippen LogP contribution is -2.37. The van der Waals surface area contributed by atoms with Gasteiger partial charge in [-0.15, -0.1) is 0 Å². The lowest BCUT2D eigenvalue weighted by atomic mass is 10.1. The van der Waals surface area contributed by atoms with E-state index >= 15 is 0 Å². The van der Waals surface area contributed by atoms with Gasteiger partial charge in [-0.3, -0.25) is 4.90 Å². The highest BCUT2D eigenvalue weighted by atomic mass is 16.5. The van der Waals surface area contributed by atoms with Crippen LogP contribution in [0, 0.1) is 5.92 Å². The molecule has 0 aromatic heterocycles. The molecule has 1 heterocycles. The van der Waals surface area contributed by atoms with E-state index in [1.165, 1.54) is 0 Å². The van der Waals surface area contributed by atoms with Crippen molar-refractivity contribution in [1.82, 2.24) is 4.90 Å². The van der Waals surface area contributed by atoms with Gasteiger partial charge < -0.3 is 15.7 Å². The Labute approximate surface area is 90.9 Å². The number of nitrogens with zero attached hydrogens (tertiary/aromatic N) is 2. The first kappa shape index (κ1) is 12.3. The van der Waals surface area contributed by atoms with Crippen LogP contribution in [0.3, 0.4) is 0 Å². The molecule has 1 rings (SSSR count). The van der Waals surface area contributed by atoms with E-state index in [9.17, 15) is 0 Å². The number of oxime groups is 1. The van der Waals surface area contributed by atoms with Crippen LogP contribution in [-0.4, -0.2) is 48.8 Å². The minimum Gasteiger partial charge on any atom is -0.409 e. The number of hydrogen-bond acceptors (Lipinski definition) is 4. The maximum Gasteiger partial charge on any atom is 0.153 e. The maximum absolute atomic E-state index is 8.52. The van der Waals surface area contributed by atoms with Crippen LogP contribution in [0.2, 0.25) is 0 Å². The highest BCUT2D eigenvalue weighted by Gasteiger charge is 2.19. The number of ether oxygens (including phenoxy) is 1. The van der Waals surface area contributed by atoms with Crippen molar-refractivity contribution in [2.45, 2.75) is 19.8 Å². The molecule has 3 N–H and O–H groups in total. The molecule has 0 saturated carbocycles. The fraction of sp³-hybridized carbons (Fsp3) is 0.900. The van der Waals surface area contributed by atoms with Gasteiger partial charge in [0.25, 0.3) is 0 Å². The Morgan fingerprint density at radius 1 is 1.67 bits per heavy atom. The third-order valence-corrected chi connectivity index (χ3v) is 2.59. The molecule has 0 radical (unpaired) electrons. The number of nitrogens with two attached hydrogens (primary N) is 1. The highest BCUT2D eigenvalue weighted by molar-refractivity contribution is 5.81. The van der Waals surface area contributed by atoms with Gasteiger partial charge in [-0.2, -0.15) is 0 Å². The molecule has 15 heavy (non-hydrogen) atoms. The van der Waals surface area contributed by atoms with Crippen LogP contribution in [-0.2, 0) is 4.74 Å². The summed E-state index contributed by atoms with van der Waals surface area (Å²) in [4.78, 5) is 2.22. The van der Waals surface area contributed by atoms with E-state index in [-0.39, 0.29) is 5.84 Å². The van der Waals surface area contributed by atoms with Crippen molar-refractivity contribution in [3.63, 3.8) is 0 Å². The zero-order chi connectivity index (χ0) is 11.1. The summed E-state index contributed by atoms with van der Waals surface area (Å²) < 4.78 is 5.33. The first-order valence-electron chi connectivity index (χ1n) is 5.52. The third-order valence-electron chi connectivity index (χ3n) is 2.59. The van der Waals surface area contributed by atoms with Crippen LogP contribution in [0.15, 0.2) is 5.16 Å². The van der Waals surface area contributed by atoms with E-state index in [0.717, 1.165) is 39.1 Å². The van der Waals surface area contributed by atoms with Crippen LogP contribution in [0.1, 0.15) is 19.8 Å². The van der Waals surface area contributed by atoms with E-state index in [4.69, 9.17) is 15.7 Å². The Hall–Kier alpha value is -0.810. The minimum atomic E-state index is 0.280. The molecule has 0 spiro atoms. The lowest BCUT2D eigenvalue weighted by molar-refractivity contribution is 0.171. The molecule has 5 nitrogen and oxygen atoms in total. The van der Waals surface area contributed by atoms with Crippen molar-refractivity contribution >= 4 is 5.84 Å². The molecular formula is C10H21N3O2. The van der Waals surface area contributed by atoms with Crippen LogP contribution in [0.4, 0.5) is 0 Å². The van der Waals surface area contributed by atoms with Crippen LogP contribution < -0.4 is 5.73 Å². The van der Waals surface area contributed by atoms with E-state index in [1.807, 2.05) is 0 Å². The van der Waals surface area contributed by atoms with Gasteiger partial charge in [0.1, 0.15) is 0 Å². The summed E-state index contributed by atoms with van der Waals surface area (Å²) in [6, 6.07) is 0. The third kappa shape index (κ3) is 4.48. The molecule has 0 aliphatic carbocycles. The van der Waals surface area contributed by atoms with Crippen LogP contribution in [0.5, 0.6) is 0 Å². The minimum absolute atomic E-state index is 0.280. The largest absolute Gasteiger partial charge is 0.409 e. The Kier molecular flexibility index (Phi) is 5.42. The molecule has 88 valence electrons. The predicted molar refractivity (Wildman–Crippen MR) is 59.1 cm³/mol. The molecule has 1 fully saturated rings. The van der Waals surface area contributed by atoms with Crippen molar-refractivity contribution in [1.29, 1.82) is 0 Å². The smallest absolute Gasteiger partial charge is 0.153 e. The van der Waals surface area contributed by atoms with Gasteiger partial charge in [0.05, 0.1) is 13.2 Å². The van der Waals surface area contributed by atoms with Gasteiger partial charge >= 0.3 is 0 Å². The van der Waals surface area contributed by atoms with Crippen LogP contribution in [0.25, 0.3) is 0 Å². The Balaban J connectivity index is 2.34. The Morgan fingerprint density at radius 3 is 3.00 bits per heavy atom. The second-order valence-electron chi connectivity index (χ2n) is 4.06. The number of rotatable bonds is 6. The first-order chi connectivity index (χ1) is 7.26. The summed E-state index contributed by atoms with van der Waals surface area (Å²) in [6.45, 7) is 6.34. The van der Waals surface area contributed by atoms with Crippen LogP contribution >= 0.6 is 0 Å². The van der Waals surface area contributed by atoms with E-state index < -0.39 is 0 Å². The molecule has 5 heteroatoms. The Bertz CT molecular complexity index is 203. The summed E-state index contributed by atoms with van der Waals surface area (Å²) in [7, 11) is 0. The summed E-state index contributed by atoms with van der Waals surface area (Å²) >= 11 is 0. The van der Waals surface area contributed by atoms with Gasteiger partial charge in [0.15, 0.2) is 5.84 Å². The quantitative estimate of drug-likeness (QED) is 0.292. The van der Waals surface area contributed by atoms with Crippen molar-refractivity contribution in [3.8, 4) is 0 Å². The molecular weight excluding hydrogens is 194 g/mol. The summed E-state index contributed by atoms with van der Waals surface area (Å²) in [6.07, 6.45) is 2.20. The summed E-state index contributed by atoms with van der Waals surface area (Å²) in [5.41, 5.74) is 5.51. The van der Waals surface area contributed by atoms with Crippen molar-refractivity contribution < 1.29 is 9.94 Å². The van der Waals surface area contributed by atoms with E-state index in [2.05, 4.69) is 17.0 Å². The summed E-state index contributed by atoms with van der Waals surface area (Å²) in [5, 5.41) is 11.5. The standard InChI is InChI=1S/C10H21N3O2/c1-2-4-13(7-10(11)12-14)6-9-3-5-15-8-9/h9,14H,2-8H2,1H3,(H2,11,12). The van der Waals surface area contributed by atoms with Gasteiger partial charge in [0.2, 0.25) is 0 Å². The van der Waals surface area contributed by atoms with Gasteiger partial charge in [-0.05, 0) is 25.3 Å². The maximum atomic E-state index is 8.52. The molecule has 1 atom stereocenters. The van der Waals surface area contributed by atoms with Gasteiger partial charge in [-0.1, -0.05) is 12.1 Å². The summed E-state index contributed by atoms with van der Waals surface area (Å²) in [5.74, 6) is 0.880. The molecule has 1 aliphatic rings. The Morgan fingerprint density at radius 2 is 2.47 bits per heavy atom. The van der Waals surface area contributed by atoms with E-state index in [0.29, 0.717) is 12.5 Å². The van der Waals surface area contributed by atoms with Gasteiger partial charge in [0, 0.05) is 13.2 Å². The predicted octanol–water partition coefficient (Wildman–Crippen LogP) is 0.481. The highest BCUT2D eigenvalue weighted by Crippen LogP contribution is 2.13. The fourth-order valence-electron chi connectivity index (χ4n) is 1.90. The lowest BCUT2D eigenvalue weighted by Gasteiger charge is -2.23. The van der Waals surface area contributed by atoms with Gasteiger partial charge in [-0.25, -0.2) is 0 Å². The molecule has 0 aromatic rings. The van der Waals surface area contributed by atoms with E-state index in [1.54, 1.807) is 0 Å². The fourth-order valence-corrected chi connectivity index (χ4v) is 1.90. The monoisotopic (exact) mass is 215 g/mol. The SMILES string of the molecule is CCCN(CC(N)=NO)CC1CCOC1. The average molecular weight is 215 g/mol. The van der Waals surface area contributed by atoms with Crippen molar-refractivity contribution in [3.05, 3.63) is 0 Å². The topological polar surface area (TPSA) is 71.1 Å². The molecule has 0 bridgehead atoms.